The van der Waals surface area contributed by atoms with Crippen LogP contribution in [0.3, 0.4) is 0 Å². The Morgan fingerprint density at radius 2 is 1.45 bits per heavy atom. The van der Waals surface area contributed by atoms with Crippen LogP contribution in [0.2, 0.25) is 0 Å². The molecular formula is C16H17NO3. The molecule has 104 valence electrons. The van der Waals surface area contributed by atoms with Gasteiger partial charge in [-0.05, 0) is 5.56 Å². The molecule has 0 amide bonds. The SMILES string of the molecule is COc1cc(OC)c(N=Cc2ccccc2)c(OC)c1. The number of hydrogen-bond acceptors (Lipinski definition) is 4. The van der Waals surface area contributed by atoms with Gasteiger partial charge in [-0.3, -0.25) is 0 Å². The van der Waals surface area contributed by atoms with E-state index in [0.29, 0.717) is 22.9 Å². The maximum absolute atomic E-state index is 5.34. The van der Waals surface area contributed by atoms with Gasteiger partial charge in [-0.15, -0.1) is 0 Å². The molecular weight excluding hydrogens is 254 g/mol. The lowest BCUT2D eigenvalue weighted by Crippen LogP contribution is -1.92. The van der Waals surface area contributed by atoms with Gasteiger partial charge >= 0.3 is 0 Å². The molecule has 2 rings (SSSR count). The van der Waals surface area contributed by atoms with Crippen molar-refractivity contribution in [2.45, 2.75) is 0 Å². The lowest BCUT2D eigenvalue weighted by Gasteiger charge is -2.11. The van der Waals surface area contributed by atoms with Crippen LogP contribution in [0.4, 0.5) is 5.69 Å². The summed E-state index contributed by atoms with van der Waals surface area (Å²) in [7, 11) is 4.78. The highest BCUT2D eigenvalue weighted by atomic mass is 16.5. The minimum Gasteiger partial charge on any atom is -0.496 e. The second kappa shape index (κ2) is 6.61. The highest BCUT2D eigenvalue weighted by molar-refractivity contribution is 5.84. The van der Waals surface area contributed by atoms with Crippen LogP contribution < -0.4 is 14.2 Å². The molecule has 4 heteroatoms. The third-order valence-corrected chi connectivity index (χ3v) is 2.83. The molecule has 0 fully saturated rings. The van der Waals surface area contributed by atoms with Gasteiger partial charge in [-0.2, -0.15) is 0 Å². The molecule has 0 heterocycles. The molecule has 20 heavy (non-hydrogen) atoms. The van der Waals surface area contributed by atoms with E-state index in [9.17, 15) is 0 Å². The van der Waals surface area contributed by atoms with Gasteiger partial charge in [0.05, 0.1) is 21.3 Å². The van der Waals surface area contributed by atoms with Gasteiger partial charge in [0, 0.05) is 18.3 Å². The van der Waals surface area contributed by atoms with Gasteiger partial charge in [-0.25, -0.2) is 4.99 Å². The van der Waals surface area contributed by atoms with E-state index in [1.807, 2.05) is 30.3 Å². The molecule has 0 aliphatic heterocycles. The Morgan fingerprint density at radius 1 is 0.850 bits per heavy atom. The normalized spacial score (nSPS) is 10.6. The average Bonchev–Trinajstić information content (AvgIpc) is 2.52. The first-order valence-corrected chi connectivity index (χ1v) is 6.17. The third kappa shape index (κ3) is 3.09. The van der Waals surface area contributed by atoms with Gasteiger partial charge in [-0.1, -0.05) is 30.3 Å². The smallest absolute Gasteiger partial charge is 0.151 e. The van der Waals surface area contributed by atoms with Gasteiger partial charge in [0.1, 0.15) is 11.4 Å². The Morgan fingerprint density at radius 3 is 1.95 bits per heavy atom. The second-order valence-electron chi connectivity index (χ2n) is 4.05. The van der Waals surface area contributed by atoms with Gasteiger partial charge in [0.15, 0.2) is 11.5 Å². The Bertz CT molecular complexity index is 569. The van der Waals surface area contributed by atoms with Crippen LogP contribution in [0.5, 0.6) is 17.2 Å². The summed E-state index contributed by atoms with van der Waals surface area (Å²) in [6.07, 6.45) is 1.77. The van der Waals surface area contributed by atoms with E-state index in [4.69, 9.17) is 14.2 Å². The molecule has 0 saturated carbocycles. The first-order chi connectivity index (χ1) is 9.78. The number of ether oxygens (including phenoxy) is 3. The van der Waals surface area contributed by atoms with E-state index in [1.165, 1.54) is 0 Å². The van der Waals surface area contributed by atoms with Crippen LogP contribution in [0.25, 0.3) is 0 Å². The minimum absolute atomic E-state index is 0.605. The minimum atomic E-state index is 0.605. The number of nitrogens with zero attached hydrogens (tertiary/aromatic N) is 1. The number of rotatable bonds is 5. The highest BCUT2D eigenvalue weighted by Crippen LogP contribution is 2.40. The van der Waals surface area contributed by atoms with Crippen molar-refractivity contribution in [1.82, 2.24) is 0 Å². The van der Waals surface area contributed by atoms with Crippen LogP contribution in [0.15, 0.2) is 47.5 Å². The van der Waals surface area contributed by atoms with Crippen LogP contribution in [-0.4, -0.2) is 27.5 Å². The molecule has 0 spiro atoms. The third-order valence-electron chi connectivity index (χ3n) is 2.83. The van der Waals surface area contributed by atoms with Crippen molar-refractivity contribution in [2.75, 3.05) is 21.3 Å². The quantitative estimate of drug-likeness (QED) is 0.782. The lowest BCUT2D eigenvalue weighted by atomic mass is 10.2. The van der Waals surface area contributed by atoms with Gasteiger partial charge in [0.2, 0.25) is 0 Å². The Kier molecular flexibility index (Phi) is 4.60. The molecule has 2 aromatic rings. The molecule has 0 aliphatic rings. The molecule has 0 saturated heterocycles. The van der Waals surface area contributed by atoms with Crippen LogP contribution >= 0.6 is 0 Å². The topological polar surface area (TPSA) is 40.0 Å². The average molecular weight is 271 g/mol. The Balaban J connectivity index is 2.42. The van der Waals surface area contributed by atoms with Crippen LogP contribution in [-0.2, 0) is 0 Å². The predicted molar refractivity (Wildman–Crippen MR) is 79.8 cm³/mol. The maximum Gasteiger partial charge on any atom is 0.151 e. The fourth-order valence-electron chi connectivity index (χ4n) is 1.79. The Labute approximate surface area is 118 Å². The fraction of sp³-hybridized carbons (Fsp3) is 0.188. The summed E-state index contributed by atoms with van der Waals surface area (Å²) in [4.78, 5) is 4.46. The largest absolute Gasteiger partial charge is 0.496 e. The van der Waals surface area contributed by atoms with E-state index >= 15 is 0 Å². The summed E-state index contributed by atoms with van der Waals surface area (Å²) in [5, 5.41) is 0. The molecule has 0 radical (unpaired) electrons. The van der Waals surface area contributed by atoms with Crippen LogP contribution in [0.1, 0.15) is 5.56 Å². The number of benzene rings is 2. The summed E-state index contributed by atoms with van der Waals surface area (Å²) >= 11 is 0. The van der Waals surface area contributed by atoms with Crippen molar-refractivity contribution in [3.8, 4) is 17.2 Å². The molecule has 0 bridgehead atoms. The zero-order chi connectivity index (χ0) is 14.4. The molecule has 0 unspecified atom stereocenters. The first-order valence-electron chi connectivity index (χ1n) is 6.17. The summed E-state index contributed by atoms with van der Waals surface area (Å²) < 4.78 is 15.9. The van der Waals surface area contributed by atoms with Crippen LogP contribution in [0, 0.1) is 0 Å². The van der Waals surface area contributed by atoms with E-state index in [1.54, 1.807) is 39.7 Å². The molecule has 0 aliphatic carbocycles. The standard InChI is InChI=1S/C16H17NO3/c1-18-13-9-14(19-2)16(15(10-13)20-3)17-11-12-7-5-4-6-8-12/h4-11H,1-3H3. The van der Waals surface area contributed by atoms with Crippen molar-refractivity contribution in [2.24, 2.45) is 4.99 Å². The predicted octanol–water partition coefficient (Wildman–Crippen LogP) is 3.46. The monoisotopic (exact) mass is 271 g/mol. The van der Waals surface area contributed by atoms with Crippen molar-refractivity contribution in [3.63, 3.8) is 0 Å². The molecule has 2 aromatic carbocycles. The van der Waals surface area contributed by atoms with E-state index in [-0.39, 0.29) is 0 Å². The van der Waals surface area contributed by atoms with E-state index in [0.717, 1.165) is 5.56 Å². The second-order valence-corrected chi connectivity index (χ2v) is 4.05. The highest BCUT2D eigenvalue weighted by Gasteiger charge is 2.11. The molecule has 4 nitrogen and oxygen atoms in total. The summed E-state index contributed by atoms with van der Waals surface area (Å²) in [6.45, 7) is 0. The summed E-state index contributed by atoms with van der Waals surface area (Å²) in [6, 6.07) is 13.4. The zero-order valence-corrected chi connectivity index (χ0v) is 11.8. The zero-order valence-electron chi connectivity index (χ0n) is 11.8. The Hall–Kier alpha value is -2.49. The van der Waals surface area contributed by atoms with E-state index in [2.05, 4.69) is 4.99 Å². The maximum atomic E-state index is 5.34. The van der Waals surface area contributed by atoms with Gasteiger partial charge in [0.25, 0.3) is 0 Å². The fourth-order valence-corrected chi connectivity index (χ4v) is 1.79. The first kappa shape index (κ1) is 13.9. The molecule has 0 N–H and O–H groups in total. The summed E-state index contributed by atoms with van der Waals surface area (Å²) in [5.74, 6) is 1.87. The number of methoxy groups -OCH3 is 3. The number of aliphatic imine (C=N–C) groups is 1. The van der Waals surface area contributed by atoms with Crippen molar-refractivity contribution < 1.29 is 14.2 Å². The molecule has 0 aromatic heterocycles. The van der Waals surface area contributed by atoms with Crippen molar-refractivity contribution in [1.29, 1.82) is 0 Å². The molecule has 0 atom stereocenters. The van der Waals surface area contributed by atoms with Crippen molar-refractivity contribution >= 4 is 11.9 Å². The summed E-state index contributed by atoms with van der Waals surface area (Å²) in [5.41, 5.74) is 1.65. The van der Waals surface area contributed by atoms with Crippen molar-refractivity contribution in [3.05, 3.63) is 48.0 Å². The lowest BCUT2D eigenvalue weighted by molar-refractivity contribution is 0.377. The van der Waals surface area contributed by atoms with E-state index < -0.39 is 0 Å². The number of hydrogen-bond donors (Lipinski definition) is 0. The van der Waals surface area contributed by atoms with Gasteiger partial charge < -0.3 is 14.2 Å².